The van der Waals surface area contributed by atoms with Crippen LogP contribution in [-0.2, 0) is 11.3 Å². The second-order valence-electron chi connectivity index (χ2n) is 4.48. The maximum atomic E-state index is 5.65. The second kappa shape index (κ2) is 5.29. The number of rotatable bonds is 5. The fourth-order valence-corrected chi connectivity index (χ4v) is 1.63. The third-order valence-electron chi connectivity index (χ3n) is 2.83. The molecular weight excluding hydrogens is 186 g/mol. The highest BCUT2D eigenvalue weighted by Gasteiger charge is 2.24. The van der Waals surface area contributed by atoms with Crippen LogP contribution in [0, 0.1) is 0 Å². The lowest BCUT2D eigenvalue weighted by Gasteiger charge is -2.35. The third kappa shape index (κ3) is 3.65. The summed E-state index contributed by atoms with van der Waals surface area (Å²) in [6.07, 6.45) is 0.232. The molecule has 0 radical (unpaired) electrons. The Hall–Kier alpha value is -0.860. The van der Waals surface area contributed by atoms with Gasteiger partial charge in [0.2, 0.25) is 0 Å². The maximum Gasteiger partial charge on any atom is 0.190 e. The molecule has 2 nitrogen and oxygen atoms in total. The topological polar surface area (TPSA) is 9.23 Å². The Labute approximate surface area is 93.1 Å². The monoisotopic (exact) mass is 208 g/mol. The zero-order valence-electron chi connectivity index (χ0n) is 10.2. The standard InChI is InChI=1S/C13H22NO/c1-5-15-12(2)14(3,4)11-13-9-7-6-8-10-13/h6-10,12H,5,11H2,1-4H3/q+1. The minimum Gasteiger partial charge on any atom is -0.330 e. The first-order valence-electron chi connectivity index (χ1n) is 5.54. The van der Waals surface area contributed by atoms with Gasteiger partial charge in [-0.05, 0) is 6.92 Å². The number of hydrogen-bond acceptors (Lipinski definition) is 1. The molecule has 0 heterocycles. The minimum atomic E-state index is 0.232. The summed E-state index contributed by atoms with van der Waals surface area (Å²) < 4.78 is 6.51. The van der Waals surface area contributed by atoms with E-state index in [1.165, 1.54) is 5.56 Å². The molecule has 15 heavy (non-hydrogen) atoms. The van der Waals surface area contributed by atoms with Crippen molar-refractivity contribution in [1.82, 2.24) is 0 Å². The van der Waals surface area contributed by atoms with Crippen molar-refractivity contribution >= 4 is 0 Å². The Morgan fingerprint density at radius 3 is 2.33 bits per heavy atom. The van der Waals surface area contributed by atoms with Gasteiger partial charge in [-0.15, -0.1) is 0 Å². The van der Waals surface area contributed by atoms with Crippen LogP contribution in [0.2, 0.25) is 0 Å². The number of ether oxygens (including phenoxy) is 1. The normalized spacial score (nSPS) is 13.9. The van der Waals surface area contributed by atoms with Crippen molar-refractivity contribution in [3.05, 3.63) is 35.9 Å². The SMILES string of the molecule is CCOC(C)[N+](C)(C)Cc1ccccc1. The predicted octanol–water partition coefficient (Wildman–Crippen LogP) is 2.65. The lowest BCUT2D eigenvalue weighted by molar-refractivity contribution is -0.947. The summed E-state index contributed by atoms with van der Waals surface area (Å²) in [7, 11) is 4.40. The fourth-order valence-electron chi connectivity index (χ4n) is 1.63. The summed E-state index contributed by atoms with van der Waals surface area (Å²) in [5.41, 5.74) is 1.36. The van der Waals surface area contributed by atoms with Gasteiger partial charge in [-0.25, -0.2) is 0 Å². The lowest BCUT2D eigenvalue weighted by Crippen LogP contribution is -2.47. The summed E-state index contributed by atoms with van der Waals surface area (Å²) >= 11 is 0. The molecule has 0 saturated carbocycles. The van der Waals surface area contributed by atoms with Crippen molar-refractivity contribution in [3.63, 3.8) is 0 Å². The van der Waals surface area contributed by atoms with Gasteiger partial charge in [0.15, 0.2) is 6.23 Å². The third-order valence-corrected chi connectivity index (χ3v) is 2.83. The quantitative estimate of drug-likeness (QED) is 0.534. The summed E-state index contributed by atoms with van der Waals surface area (Å²) in [4.78, 5) is 0. The highest BCUT2D eigenvalue weighted by atomic mass is 16.5. The molecule has 0 aliphatic heterocycles. The Morgan fingerprint density at radius 1 is 1.20 bits per heavy atom. The second-order valence-corrected chi connectivity index (χ2v) is 4.48. The first-order chi connectivity index (χ1) is 7.06. The van der Waals surface area contributed by atoms with Crippen LogP contribution in [0.1, 0.15) is 19.4 Å². The van der Waals surface area contributed by atoms with Crippen LogP contribution < -0.4 is 0 Å². The fraction of sp³-hybridized carbons (Fsp3) is 0.538. The Morgan fingerprint density at radius 2 is 1.80 bits per heavy atom. The number of quaternary nitrogens is 1. The molecule has 0 saturated heterocycles. The number of hydrogen-bond donors (Lipinski definition) is 0. The highest BCUT2D eigenvalue weighted by Crippen LogP contribution is 2.14. The molecule has 84 valence electrons. The van der Waals surface area contributed by atoms with E-state index in [0.29, 0.717) is 0 Å². The van der Waals surface area contributed by atoms with Crippen LogP contribution in [0.5, 0.6) is 0 Å². The van der Waals surface area contributed by atoms with E-state index in [-0.39, 0.29) is 6.23 Å². The molecule has 2 heteroatoms. The van der Waals surface area contributed by atoms with Crippen molar-refractivity contribution in [3.8, 4) is 0 Å². The van der Waals surface area contributed by atoms with Crippen LogP contribution in [0.15, 0.2) is 30.3 Å². The molecule has 1 rings (SSSR count). The highest BCUT2D eigenvalue weighted by molar-refractivity contribution is 5.13. The van der Waals surface area contributed by atoms with Gasteiger partial charge in [-0.2, -0.15) is 0 Å². The van der Waals surface area contributed by atoms with Crippen LogP contribution >= 0.6 is 0 Å². The van der Waals surface area contributed by atoms with E-state index in [2.05, 4.69) is 51.4 Å². The first kappa shape index (κ1) is 12.2. The average molecular weight is 208 g/mol. The van der Waals surface area contributed by atoms with Gasteiger partial charge >= 0.3 is 0 Å². The summed E-state index contributed by atoms with van der Waals surface area (Å²) in [5, 5.41) is 0. The van der Waals surface area contributed by atoms with Crippen LogP contribution in [0.25, 0.3) is 0 Å². The van der Waals surface area contributed by atoms with Crippen LogP contribution in [-0.4, -0.2) is 31.4 Å². The average Bonchev–Trinajstić information content (AvgIpc) is 2.19. The minimum absolute atomic E-state index is 0.232. The largest absolute Gasteiger partial charge is 0.330 e. The van der Waals surface area contributed by atoms with Gasteiger partial charge in [-0.3, -0.25) is 4.48 Å². The number of benzene rings is 1. The maximum absolute atomic E-state index is 5.65. The molecule has 0 aliphatic carbocycles. The smallest absolute Gasteiger partial charge is 0.190 e. The van der Waals surface area contributed by atoms with E-state index < -0.39 is 0 Å². The summed E-state index contributed by atoms with van der Waals surface area (Å²) in [6, 6.07) is 10.5. The Bertz CT molecular complexity index is 282. The van der Waals surface area contributed by atoms with E-state index in [1.54, 1.807) is 0 Å². The molecule has 1 aromatic carbocycles. The molecule has 0 bridgehead atoms. The van der Waals surface area contributed by atoms with E-state index in [9.17, 15) is 0 Å². The molecule has 0 N–H and O–H groups in total. The van der Waals surface area contributed by atoms with Gasteiger partial charge in [0.1, 0.15) is 6.54 Å². The Kier molecular flexibility index (Phi) is 4.30. The van der Waals surface area contributed by atoms with E-state index in [0.717, 1.165) is 17.6 Å². The van der Waals surface area contributed by atoms with Crippen molar-refractivity contribution < 1.29 is 9.22 Å². The molecule has 1 aromatic rings. The molecule has 1 unspecified atom stereocenters. The summed E-state index contributed by atoms with van der Waals surface area (Å²) in [6.45, 7) is 5.95. The van der Waals surface area contributed by atoms with E-state index in [1.807, 2.05) is 6.92 Å². The zero-order chi connectivity index (χ0) is 11.3. The van der Waals surface area contributed by atoms with Crippen molar-refractivity contribution in [2.45, 2.75) is 26.6 Å². The van der Waals surface area contributed by atoms with Crippen molar-refractivity contribution in [1.29, 1.82) is 0 Å². The molecule has 0 amide bonds. The summed E-state index contributed by atoms with van der Waals surface area (Å²) in [5.74, 6) is 0. The molecule has 0 aliphatic rings. The van der Waals surface area contributed by atoms with Gasteiger partial charge in [0.05, 0.1) is 20.7 Å². The molecule has 1 atom stereocenters. The van der Waals surface area contributed by atoms with E-state index >= 15 is 0 Å². The van der Waals surface area contributed by atoms with Crippen molar-refractivity contribution in [2.75, 3.05) is 20.7 Å². The molecule has 0 fully saturated rings. The predicted molar refractivity (Wildman–Crippen MR) is 63.3 cm³/mol. The van der Waals surface area contributed by atoms with Gasteiger partial charge < -0.3 is 4.74 Å². The molecule has 0 spiro atoms. The number of nitrogens with zero attached hydrogens (tertiary/aromatic N) is 1. The molecule has 0 aromatic heterocycles. The van der Waals surface area contributed by atoms with Gasteiger partial charge in [-0.1, -0.05) is 30.3 Å². The van der Waals surface area contributed by atoms with E-state index in [4.69, 9.17) is 4.74 Å². The zero-order valence-corrected chi connectivity index (χ0v) is 10.2. The Balaban J connectivity index is 2.63. The molecular formula is C13H22NO+. The van der Waals surface area contributed by atoms with Crippen molar-refractivity contribution in [2.24, 2.45) is 0 Å². The van der Waals surface area contributed by atoms with Crippen LogP contribution in [0.3, 0.4) is 0 Å². The van der Waals surface area contributed by atoms with Gasteiger partial charge in [0, 0.05) is 12.5 Å². The van der Waals surface area contributed by atoms with Crippen LogP contribution in [0.4, 0.5) is 0 Å². The van der Waals surface area contributed by atoms with Gasteiger partial charge in [0.25, 0.3) is 0 Å². The first-order valence-corrected chi connectivity index (χ1v) is 5.54. The lowest BCUT2D eigenvalue weighted by atomic mass is 10.2.